The van der Waals surface area contributed by atoms with Crippen molar-refractivity contribution in [2.75, 3.05) is 6.61 Å². The van der Waals surface area contributed by atoms with E-state index in [-0.39, 0.29) is 6.61 Å². The number of alkyl halides is 3. The molecule has 0 saturated heterocycles. The fourth-order valence-electron chi connectivity index (χ4n) is 1.07. The van der Waals surface area contributed by atoms with Gasteiger partial charge < -0.3 is 9.72 Å². The summed E-state index contributed by atoms with van der Waals surface area (Å²) >= 11 is 0. The molecular weight excluding hydrogens is 253 g/mol. The first-order valence-corrected chi connectivity index (χ1v) is 5.20. The second kappa shape index (κ2) is 5.65. The Hall–Kier alpha value is -1.86. The highest BCUT2D eigenvalue weighted by Gasteiger charge is 2.34. The number of esters is 1. The molecule has 0 aliphatic heterocycles. The molecule has 5 nitrogen and oxygen atoms in total. The molecule has 0 spiro atoms. The van der Waals surface area contributed by atoms with Crippen LogP contribution in [0.25, 0.3) is 0 Å². The third-order valence-corrected chi connectivity index (χ3v) is 2.00. The molecule has 0 unspecified atom stereocenters. The van der Waals surface area contributed by atoms with Crippen LogP contribution in [0.2, 0.25) is 0 Å². The number of nitrogens with one attached hydrogen (secondary N) is 1. The zero-order valence-corrected chi connectivity index (χ0v) is 9.50. The highest BCUT2D eigenvalue weighted by atomic mass is 19.4. The van der Waals surface area contributed by atoms with Crippen LogP contribution < -0.4 is 5.56 Å². The smallest absolute Gasteiger partial charge is 0.434 e. The standard InChI is InChI=1S/C10H11F3N2O3/c1-2-3-4-18-9(17)7-8(16)14-5-6(15-7)10(11,12)13/h5H,2-4H2,1H3,(H,14,16). The molecule has 1 N–H and O–H groups in total. The molecule has 1 rings (SSSR count). The van der Waals surface area contributed by atoms with Crippen LogP contribution in [0, 0.1) is 0 Å². The van der Waals surface area contributed by atoms with Gasteiger partial charge in [0, 0.05) is 6.20 Å². The Morgan fingerprint density at radius 3 is 2.72 bits per heavy atom. The van der Waals surface area contributed by atoms with Crippen molar-refractivity contribution in [3.8, 4) is 0 Å². The minimum Gasteiger partial charge on any atom is -0.461 e. The van der Waals surface area contributed by atoms with Gasteiger partial charge in [0.1, 0.15) is 0 Å². The van der Waals surface area contributed by atoms with E-state index in [2.05, 4.69) is 9.72 Å². The van der Waals surface area contributed by atoms with Crippen LogP contribution in [-0.2, 0) is 10.9 Å². The summed E-state index contributed by atoms with van der Waals surface area (Å²) in [6, 6.07) is 0. The second-order valence-electron chi connectivity index (χ2n) is 3.45. The van der Waals surface area contributed by atoms with E-state index >= 15 is 0 Å². The number of rotatable bonds is 4. The summed E-state index contributed by atoms with van der Waals surface area (Å²) in [4.78, 5) is 27.3. The Kier molecular flexibility index (Phi) is 4.46. The number of aromatic nitrogens is 2. The van der Waals surface area contributed by atoms with Crippen molar-refractivity contribution in [3.63, 3.8) is 0 Å². The topological polar surface area (TPSA) is 72.0 Å². The molecule has 0 saturated carbocycles. The van der Waals surface area contributed by atoms with Gasteiger partial charge in [-0.25, -0.2) is 9.78 Å². The number of H-pyrrole nitrogens is 1. The number of carbonyl (C=O) groups is 1. The minimum absolute atomic E-state index is 0.0344. The molecule has 0 aliphatic rings. The molecule has 100 valence electrons. The number of carbonyl (C=O) groups excluding carboxylic acids is 1. The molecule has 0 bridgehead atoms. The van der Waals surface area contributed by atoms with Crippen LogP contribution in [0.4, 0.5) is 13.2 Å². The van der Waals surface area contributed by atoms with Gasteiger partial charge in [0.25, 0.3) is 5.56 Å². The lowest BCUT2D eigenvalue weighted by Gasteiger charge is -2.07. The number of hydrogen-bond acceptors (Lipinski definition) is 4. The first-order chi connectivity index (χ1) is 8.36. The monoisotopic (exact) mass is 264 g/mol. The predicted octanol–water partition coefficient (Wildman–Crippen LogP) is 1.75. The second-order valence-corrected chi connectivity index (χ2v) is 3.45. The van der Waals surface area contributed by atoms with Gasteiger partial charge in [-0.3, -0.25) is 4.79 Å². The third kappa shape index (κ3) is 3.57. The van der Waals surface area contributed by atoms with Gasteiger partial charge in [0.2, 0.25) is 5.69 Å². The molecule has 0 aromatic carbocycles. The van der Waals surface area contributed by atoms with Gasteiger partial charge in [0.05, 0.1) is 6.61 Å². The molecule has 1 aromatic heterocycles. The highest BCUT2D eigenvalue weighted by molar-refractivity contribution is 5.86. The summed E-state index contributed by atoms with van der Waals surface area (Å²) in [6.07, 6.45) is -3.02. The van der Waals surface area contributed by atoms with Gasteiger partial charge in [-0.2, -0.15) is 13.2 Å². The zero-order valence-electron chi connectivity index (χ0n) is 9.50. The van der Waals surface area contributed by atoms with Crippen molar-refractivity contribution in [3.05, 3.63) is 27.9 Å². The van der Waals surface area contributed by atoms with Gasteiger partial charge in [0.15, 0.2) is 5.69 Å². The molecule has 1 aromatic rings. The van der Waals surface area contributed by atoms with Gasteiger partial charge >= 0.3 is 12.1 Å². The molecule has 1 heterocycles. The Labute approximate surface area is 100.0 Å². The SMILES string of the molecule is CCCCOC(=O)c1nc(C(F)(F)F)c[nH]c1=O. The van der Waals surface area contributed by atoms with E-state index in [9.17, 15) is 22.8 Å². The quantitative estimate of drug-likeness (QED) is 0.664. The van der Waals surface area contributed by atoms with Crippen molar-refractivity contribution in [1.29, 1.82) is 0 Å². The number of ether oxygens (including phenoxy) is 1. The van der Waals surface area contributed by atoms with E-state index in [0.717, 1.165) is 6.42 Å². The van der Waals surface area contributed by atoms with E-state index in [4.69, 9.17) is 0 Å². The van der Waals surface area contributed by atoms with Crippen molar-refractivity contribution in [1.82, 2.24) is 9.97 Å². The molecule has 0 radical (unpaired) electrons. The van der Waals surface area contributed by atoms with E-state index in [1.165, 1.54) is 0 Å². The summed E-state index contributed by atoms with van der Waals surface area (Å²) in [7, 11) is 0. The average Bonchev–Trinajstić information content (AvgIpc) is 2.28. The first kappa shape index (κ1) is 14.2. The molecule has 0 amide bonds. The largest absolute Gasteiger partial charge is 0.461 e. The first-order valence-electron chi connectivity index (χ1n) is 5.20. The van der Waals surface area contributed by atoms with E-state index < -0.39 is 29.1 Å². The Morgan fingerprint density at radius 1 is 1.50 bits per heavy atom. The maximum atomic E-state index is 12.3. The van der Waals surface area contributed by atoms with Crippen LogP contribution in [0.5, 0.6) is 0 Å². The summed E-state index contributed by atoms with van der Waals surface area (Å²) in [5.74, 6) is -1.16. The van der Waals surface area contributed by atoms with Gasteiger partial charge in [-0.15, -0.1) is 0 Å². The van der Waals surface area contributed by atoms with E-state index in [1.54, 1.807) is 0 Å². The fourth-order valence-corrected chi connectivity index (χ4v) is 1.07. The molecule has 8 heteroatoms. The van der Waals surface area contributed by atoms with Gasteiger partial charge in [-0.1, -0.05) is 13.3 Å². The van der Waals surface area contributed by atoms with Crippen LogP contribution in [-0.4, -0.2) is 22.5 Å². The van der Waals surface area contributed by atoms with Gasteiger partial charge in [-0.05, 0) is 6.42 Å². The summed E-state index contributed by atoms with van der Waals surface area (Å²) in [5, 5.41) is 0. The predicted molar refractivity (Wildman–Crippen MR) is 55.1 cm³/mol. The number of nitrogens with zero attached hydrogens (tertiary/aromatic N) is 1. The van der Waals surface area contributed by atoms with Crippen LogP contribution in [0.1, 0.15) is 35.9 Å². The lowest BCUT2D eigenvalue weighted by atomic mass is 10.3. The maximum absolute atomic E-state index is 12.3. The summed E-state index contributed by atoms with van der Waals surface area (Å²) in [6.45, 7) is 1.88. The van der Waals surface area contributed by atoms with Crippen molar-refractivity contribution in [2.45, 2.75) is 25.9 Å². The number of halogens is 3. The van der Waals surface area contributed by atoms with Crippen molar-refractivity contribution in [2.24, 2.45) is 0 Å². The Balaban J connectivity index is 2.94. The molecular formula is C10H11F3N2O3. The van der Waals surface area contributed by atoms with Crippen LogP contribution in [0.15, 0.2) is 11.0 Å². The minimum atomic E-state index is -4.73. The highest BCUT2D eigenvalue weighted by Crippen LogP contribution is 2.26. The lowest BCUT2D eigenvalue weighted by molar-refractivity contribution is -0.141. The number of unbranched alkanes of at least 4 members (excludes halogenated alkanes) is 1. The third-order valence-electron chi connectivity index (χ3n) is 2.00. The number of hydrogen-bond donors (Lipinski definition) is 1. The van der Waals surface area contributed by atoms with Crippen LogP contribution >= 0.6 is 0 Å². The lowest BCUT2D eigenvalue weighted by Crippen LogP contribution is -2.25. The average molecular weight is 264 g/mol. The van der Waals surface area contributed by atoms with Crippen molar-refractivity contribution < 1.29 is 22.7 Å². The fraction of sp³-hybridized carbons (Fsp3) is 0.500. The normalized spacial score (nSPS) is 11.3. The summed E-state index contributed by atoms with van der Waals surface area (Å²) < 4.78 is 41.6. The van der Waals surface area contributed by atoms with E-state index in [1.807, 2.05) is 11.9 Å². The Morgan fingerprint density at radius 2 is 2.17 bits per heavy atom. The molecule has 18 heavy (non-hydrogen) atoms. The van der Waals surface area contributed by atoms with Crippen LogP contribution in [0.3, 0.4) is 0 Å². The molecule has 0 atom stereocenters. The maximum Gasteiger partial charge on any atom is 0.434 e. The molecule has 0 fully saturated rings. The van der Waals surface area contributed by atoms with Crippen molar-refractivity contribution >= 4 is 5.97 Å². The Bertz CT molecular complexity index is 482. The van der Waals surface area contributed by atoms with E-state index in [0.29, 0.717) is 12.6 Å². The zero-order chi connectivity index (χ0) is 13.8. The summed E-state index contributed by atoms with van der Waals surface area (Å²) in [5.41, 5.74) is -3.24. The molecule has 0 aliphatic carbocycles. The number of aromatic amines is 1.